The number of aromatic nitrogens is 3. The second-order valence-electron chi connectivity index (χ2n) is 5.53. The summed E-state index contributed by atoms with van der Waals surface area (Å²) >= 11 is 0. The molecule has 2 aromatic carbocycles. The van der Waals surface area contributed by atoms with E-state index in [2.05, 4.69) is 10.2 Å². The molecule has 0 atom stereocenters. The molecule has 23 heavy (non-hydrogen) atoms. The molecule has 1 aliphatic rings. The Hall–Kier alpha value is -3.15. The third kappa shape index (κ3) is 1.55. The predicted octanol–water partition coefficient (Wildman–Crippen LogP) is 2.36. The summed E-state index contributed by atoms with van der Waals surface area (Å²) in [6, 6.07) is 11.1. The summed E-state index contributed by atoms with van der Waals surface area (Å²) in [6.07, 6.45) is 0. The normalized spacial score (nSPS) is 13.3. The van der Waals surface area contributed by atoms with Crippen LogP contribution in [-0.2, 0) is 7.05 Å². The van der Waals surface area contributed by atoms with Gasteiger partial charge in [0.2, 0.25) is 6.79 Å². The van der Waals surface area contributed by atoms with E-state index in [0.717, 1.165) is 10.9 Å². The molecule has 0 bridgehead atoms. The first-order valence-electron chi connectivity index (χ1n) is 7.21. The van der Waals surface area contributed by atoms with Crippen LogP contribution in [0.15, 0.2) is 41.2 Å². The topological polar surface area (TPSA) is 66.2 Å². The van der Waals surface area contributed by atoms with Crippen molar-refractivity contribution in [1.82, 2.24) is 14.8 Å². The SMILES string of the molecule is Cn1c2ccccc2c(=O)c2c3cc4c(cc3nnc21)OCO4. The van der Waals surface area contributed by atoms with E-state index in [0.29, 0.717) is 33.4 Å². The van der Waals surface area contributed by atoms with Crippen LogP contribution in [0.25, 0.3) is 32.8 Å². The first-order chi connectivity index (χ1) is 11.2. The molecule has 0 spiro atoms. The van der Waals surface area contributed by atoms with Gasteiger partial charge in [-0.3, -0.25) is 4.79 Å². The van der Waals surface area contributed by atoms with Gasteiger partial charge in [-0.25, -0.2) is 0 Å². The zero-order chi connectivity index (χ0) is 15.6. The minimum absolute atomic E-state index is 0.0486. The third-order valence-corrected chi connectivity index (χ3v) is 4.29. The van der Waals surface area contributed by atoms with E-state index >= 15 is 0 Å². The number of para-hydroxylation sites is 1. The van der Waals surface area contributed by atoms with Crippen LogP contribution in [0.3, 0.4) is 0 Å². The van der Waals surface area contributed by atoms with Gasteiger partial charge < -0.3 is 14.0 Å². The summed E-state index contributed by atoms with van der Waals surface area (Å²) in [7, 11) is 1.89. The predicted molar refractivity (Wildman–Crippen MR) is 85.9 cm³/mol. The van der Waals surface area contributed by atoms with Gasteiger partial charge in [-0.2, -0.15) is 0 Å². The molecule has 6 nitrogen and oxygen atoms in total. The minimum Gasteiger partial charge on any atom is -0.454 e. The fraction of sp³-hybridized carbons (Fsp3) is 0.118. The molecule has 112 valence electrons. The van der Waals surface area contributed by atoms with Crippen molar-refractivity contribution < 1.29 is 9.47 Å². The summed E-state index contributed by atoms with van der Waals surface area (Å²) < 4.78 is 12.7. The largest absolute Gasteiger partial charge is 0.454 e. The lowest BCUT2D eigenvalue weighted by Crippen LogP contribution is -2.11. The van der Waals surface area contributed by atoms with E-state index in [1.807, 2.05) is 41.9 Å². The number of pyridine rings is 1. The molecule has 0 radical (unpaired) electrons. The van der Waals surface area contributed by atoms with Crippen LogP contribution in [0.2, 0.25) is 0 Å². The first kappa shape index (κ1) is 12.4. The number of aryl methyl sites for hydroxylation is 1. The quantitative estimate of drug-likeness (QED) is 0.368. The highest BCUT2D eigenvalue weighted by Crippen LogP contribution is 2.36. The second kappa shape index (κ2) is 4.19. The molecule has 6 heteroatoms. The van der Waals surface area contributed by atoms with E-state index in [1.165, 1.54) is 0 Å². The molecule has 0 saturated heterocycles. The van der Waals surface area contributed by atoms with Gasteiger partial charge in [-0.05, 0) is 18.2 Å². The third-order valence-electron chi connectivity index (χ3n) is 4.29. The Kier molecular flexibility index (Phi) is 2.26. The smallest absolute Gasteiger partial charge is 0.231 e. The maximum absolute atomic E-state index is 13.0. The number of hydrogen-bond donors (Lipinski definition) is 0. The Morgan fingerprint density at radius 3 is 2.70 bits per heavy atom. The molecule has 0 N–H and O–H groups in total. The van der Waals surface area contributed by atoms with E-state index in [4.69, 9.17) is 9.47 Å². The van der Waals surface area contributed by atoms with Crippen LogP contribution in [0.1, 0.15) is 0 Å². The molecule has 0 saturated carbocycles. The Labute approximate surface area is 129 Å². The Morgan fingerprint density at radius 1 is 1.04 bits per heavy atom. The number of benzene rings is 2. The Bertz CT molecular complexity index is 1180. The van der Waals surface area contributed by atoms with Crippen molar-refractivity contribution in [3.8, 4) is 11.5 Å². The van der Waals surface area contributed by atoms with Crippen molar-refractivity contribution in [3.63, 3.8) is 0 Å². The lowest BCUT2D eigenvalue weighted by atomic mass is 10.1. The minimum atomic E-state index is -0.0486. The highest BCUT2D eigenvalue weighted by molar-refractivity contribution is 6.07. The standard InChI is InChI=1S/C17H11N3O3/c1-20-12-5-3-2-4-9(12)16(21)15-10-6-13-14(23-8-22-13)7-11(10)18-19-17(15)20/h2-7H,8H2,1H3. The molecule has 0 aliphatic carbocycles. The highest BCUT2D eigenvalue weighted by Gasteiger charge is 2.19. The molecule has 1 aliphatic heterocycles. The second-order valence-corrected chi connectivity index (χ2v) is 5.53. The van der Waals surface area contributed by atoms with Crippen molar-refractivity contribution in [2.45, 2.75) is 0 Å². The van der Waals surface area contributed by atoms with E-state index in [1.54, 1.807) is 6.07 Å². The van der Waals surface area contributed by atoms with Crippen molar-refractivity contribution in [3.05, 3.63) is 46.6 Å². The number of hydrogen-bond acceptors (Lipinski definition) is 5. The van der Waals surface area contributed by atoms with E-state index < -0.39 is 0 Å². The van der Waals surface area contributed by atoms with Crippen LogP contribution in [-0.4, -0.2) is 21.6 Å². The maximum Gasteiger partial charge on any atom is 0.231 e. The molecule has 3 heterocycles. The number of rotatable bonds is 0. The van der Waals surface area contributed by atoms with Gasteiger partial charge in [0.15, 0.2) is 22.6 Å². The fourth-order valence-electron chi connectivity index (χ4n) is 3.15. The molecule has 4 aromatic rings. The highest BCUT2D eigenvalue weighted by atomic mass is 16.7. The fourth-order valence-corrected chi connectivity index (χ4v) is 3.15. The van der Waals surface area contributed by atoms with Crippen LogP contribution >= 0.6 is 0 Å². The molecule has 0 fully saturated rings. The van der Waals surface area contributed by atoms with Gasteiger partial charge in [-0.1, -0.05) is 12.1 Å². The van der Waals surface area contributed by atoms with E-state index in [-0.39, 0.29) is 12.2 Å². The van der Waals surface area contributed by atoms with E-state index in [9.17, 15) is 4.79 Å². The number of ether oxygens (including phenoxy) is 2. The van der Waals surface area contributed by atoms with Gasteiger partial charge in [0.05, 0.1) is 16.4 Å². The van der Waals surface area contributed by atoms with Crippen molar-refractivity contribution in [2.24, 2.45) is 7.05 Å². The molecule has 5 rings (SSSR count). The van der Waals surface area contributed by atoms with Crippen molar-refractivity contribution in [2.75, 3.05) is 6.79 Å². The van der Waals surface area contributed by atoms with Crippen molar-refractivity contribution >= 4 is 32.8 Å². The summed E-state index contributed by atoms with van der Waals surface area (Å²) in [4.78, 5) is 13.0. The van der Waals surface area contributed by atoms with Gasteiger partial charge in [0.25, 0.3) is 0 Å². The van der Waals surface area contributed by atoms with Crippen molar-refractivity contribution in [1.29, 1.82) is 0 Å². The zero-order valence-corrected chi connectivity index (χ0v) is 12.2. The lowest BCUT2D eigenvalue weighted by Gasteiger charge is -2.10. The molecular formula is C17H11N3O3. The van der Waals surface area contributed by atoms with Gasteiger partial charge in [0.1, 0.15) is 0 Å². The average molecular weight is 305 g/mol. The summed E-state index contributed by atoms with van der Waals surface area (Å²) in [6.45, 7) is 0.179. The van der Waals surface area contributed by atoms with Gasteiger partial charge in [-0.15, -0.1) is 10.2 Å². The summed E-state index contributed by atoms with van der Waals surface area (Å²) in [5.41, 5.74) is 1.96. The Balaban J connectivity index is 2.07. The lowest BCUT2D eigenvalue weighted by molar-refractivity contribution is 0.174. The Morgan fingerprint density at radius 2 is 1.83 bits per heavy atom. The van der Waals surface area contributed by atoms with Gasteiger partial charge >= 0.3 is 0 Å². The molecule has 0 amide bonds. The van der Waals surface area contributed by atoms with Crippen LogP contribution in [0.4, 0.5) is 0 Å². The van der Waals surface area contributed by atoms with Crippen LogP contribution in [0.5, 0.6) is 11.5 Å². The first-order valence-corrected chi connectivity index (χ1v) is 7.21. The zero-order valence-electron chi connectivity index (χ0n) is 12.2. The molecule has 0 unspecified atom stereocenters. The van der Waals surface area contributed by atoms with Crippen LogP contribution in [0, 0.1) is 0 Å². The summed E-state index contributed by atoms with van der Waals surface area (Å²) in [5.74, 6) is 1.26. The maximum atomic E-state index is 13.0. The van der Waals surface area contributed by atoms with Crippen LogP contribution < -0.4 is 14.9 Å². The summed E-state index contributed by atoms with van der Waals surface area (Å²) in [5, 5.41) is 10.5. The molecule has 2 aromatic heterocycles. The number of nitrogens with zero attached hydrogens (tertiary/aromatic N) is 3. The monoisotopic (exact) mass is 305 g/mol. The van der Waals surface area contributed by atoms with Gasteiger partial charge in [0, 0.05) is 23.9 Å². The molecular weight excluding hydrogens is 294 g/mol. The average Bonchev–Trinajstić information content (AvgIpc) is 3.04. The number of fused-ring (bicyclic) bond motifs is 5.